The molecule has 1 unspecified atom stereocenters. The number of carbonyl (C=O) groups is 1. The van der Waals surface area contributed by atoms with Gasteiger partial charge in [-0.2, -0.15) is 13.2 Å². The molecule has 1 heterocycles. The topological polar surface area (TPSA) is 52.6 Å². The van der Waals surface area contributed by atoms with Gasteiger partial charge < -0.3 is 10.1 Å². The van der Waals surface area contributed by atoms with Crippen LogP contribution >= 0.6 is 23.2 Å². The van der Waals surface area contributed by atoms with Crippen LogP contribution in [0.2, 0.25) is 10.0 Å². The number of carboxylic acids is 1. The van der Waals surface area contributed by atoms with E-state index >= 15 is 0 Å². The molecule has 0 fully saturated rings. The van der Waals surface area contributed by atoms with Crippen LogP contribution in [0.5, 0.6) is 0 Å². The van der Waals surface area contributed by atoms with Gasteiger partial charge in [-0.25, -0.2) is 10.2 Å². The summed E-state index contributed by atoms with van der Waals surface area (Å²) >= 11 is 12.4. The Bertz CT molecular complexity index is 932. The zero-order valence-corrected chi connectivity index (χ0v) is 15.8. The van der Waals surface area contributed by atoms with Crippen LogP contribution in [-0.2, 0) is 12.6 Å². The highest BCUT2D eigenvalue weighted by Crippen LogP contribution is 2.42. The summed E-state index contributed by atoms with van der Waals surface area (Å²) in [5.41, 5.74) is 4.30. The fraction of sp³-hybridized carbons (Fsp3) is 0.278. The lowest BCUT2D eigenvalue weighted by atomic mass is 9.93. The van der Waals surface area contributed by atoms with Gasteiger partial charge in [0.25, 0.3) is 0 Å². The molecule has 1 aliphatic rings. The van der Waals surface area contributed by atoms with E-state index in [2.05, 4.69) is 5.43 Å². The predicted octanol–water partition coefficient (Wildman–Crippen LogP) is 5.26. The zero-order valence-electron chi connectivity index (χ0n) is 14.3. The number of aryl methyl sites for hydroxylation is 1. The molecule has 0 bridgehead atoms. The molecular weight excluding hydrogens is 404 g/mol. The molecule has 27 heavy (non-hydrogen) atoms. The summed E-state index contributed by atoms with van der Waals surface area (Å²) in [5, 5.41) is 11.1. The first kappa shape index (κ1) is 19.8. The molecule has 2 aromatic carbocycles. The van der Waals surface area contributed by atoms with Gasteiger partial charge in [0.05, 0.1) is 27.9 Å². The third-order valence-electron chi connectivity index (χ3n) is 4.58. The van der Waals surface area contributed by atoms with Crippen molar-refractivity contribution in [1.29, 1.82) is 0 Å². The fourth-order valence-corrected chi connectivity index (χ4v) is 3.95. The number of fused-ring (bicyclic) bond motifs is 1. The number of benzene rings is 2. The van der Waals surface area contributed by atoms with E-state index in [9.17, 15) is 23.1 Å². The monoisotopic (exact) mass is 418 g/mol. The summed E-state index contributed by atoms with van der Waals surface area (Å²) in [6.45, 7) is 1.61. The molecule has 2 aromatic rings. The first-order valence-corrected chi connectivity index (χ1v) is 8.68. The number of halogens is 5. The number of hydrogen-bond acceptors (Lipinski definition) is 3. The van der Waals surface area contributed by atoms with Crippen LogP contribution in [-0.4, -0.2) is 18.1 Å². The Balaban J connectivity index is 2.04. The number of hydrogen-bond donors (Lipinski definition) is 2. The quantitative estimate of drug-likeness (QED) is 0.713. The van der Waals surface area contributed by atoms with Crippen LogP contribution in [0.3, 0.4) is 0 Å². The Kier molecular flexibility index (Phi) is 5.05. The summed E-state index contributed by atoms with van der Waals surface area (Å²) in [6.07, 6.45) is -4.22. The standard InChI is InChI=1S/C18H15Cl2F3N2O2/c1-8-5-9(18(21,22)23)6-14-15(8)13(24-25(14)2)7-11-12(19)4-3-10(16(11)20)17(26)27/h3-6,13,24H,7H2,1-2H3,(H,26,27). The zero-order chi connectivity index (χ0) is 20.1. The van der Waals surface area contributed by atoms with E-state index < -0.39 is 23.8 Å². The lowest BCUT2D eigenvalue weighted by Gasteiger charge is -2.17. The van der Waals surface area contributed by atoms with Crippen LogP contribution in [0.15, 0.2) is 24.3 Å². The number of nitrogens with zero attached hydrogens (tertiary/aromatic N) is 1. The SMILES string of the molecule is Cc1cc(C(F)(F)F)cc2c1C(Cc1c(Cl)ccc(C(=O)O)c1Cl)NN2C. The summed E-state index contributed by atoms with van der Waals surface area (Å²) in [4.78, 5) is 11.3. The van der Waals surface area contributed by atoms with E-state index in [1.54, 1.807) is 14.0 Å². The molecular formula is C18H15Cl2F3N2O2. The van der Waals surface area contributed by atoms with Gasteiger partial charge in [0.15, 0.2) is 0 Å². The van der Waals surface area contributed by atoms with Crippen molar-refractivity contribution >= 4 is 34.9 Å². The van der Waals surface area contributed by atoms with E-state index in [0.717, 1.165) is 12.1 Å². The Morgan fingerprint density at radius 1 is 1.30 bits per heavy atom. The maximum absolute atomic E-state index is 13.1. The molecule has 0 radical (unpaired) electrons. The highest BCUT2D eigenvalue weighted by Gasteiger charge is 2.36. The molecule has 3 rings (SSSR count). The first-order valence-electron chi connectivity index (χ1n) is 7.92. The second-order valence-electron chi connectivity index (χ2n) is 6.36. The molecule has 0 aliphatic carbocycles. The molecule has 0 spiro atoms. The van der Waals surface area contributed by atoms with Crippen molar-refractivity contribution in [3.05, 3.63) is 62.1 Å². The van der Waals surface area contributed by atoms with Crippen molar-refractivity contribution in [2.75, 3.05) is 12.1 Å². The highest BCUT2D eigenvalue weighted by atomic mass is 35.5. The van der Waals surface area contributed by atoms with Gasteiger partial charge in [0, 0.05) is 12.1 Å². The largest absolute Gasteiger partial charge is 0.478 e. The van der Waals surface area contributed by atoms with E-state index in [0.29, 0.717) is 27.4 Å². The number of aromatic carboxylic acids is 1. The highest BCUT2D eigenvalue weighted by molar-refractivity contribution is 6.37. The van der Waals surface area contributed by atoms with Gasteiger partial charge in [0.2, 0.25) is 0 Å². The minimum absolute atomic E-state index is 0.0254. The number of alkyl halides is 3. The van der Waals surface area contributed by atoms with Gasteiger partial charge in [-0.3, -0.25) is 0 Å². The second-order valence-corrected chi connectivity index (χ2v) is 7.15. The molecule has 4 nitrogen and oxygen atoms in total. The summed E-state index contributed by atoms with van der Waals surface area (Å²) < 4.78 is 39.3. The van der Waals surface area contributed by atoms with Crippen molar-refractivity contribution in [1.82, 2.24) is 5.43 Å². The van der Waals surface area contributed by atoms with E-state index in [-0.39, 0.29) is 17.0 Å². The molecule has 1 aliphatic heterocycles. The van der Waals surface area contributed by atoms with Crippen molar-refractivity contribution < 1.29 is 23.1 Å². The molecule has 0 amide bonds. The third-order valence-corrected chi connectivity index (χ3v) is 5.36. The Morgan fingerprint density at radius 2 is 1.96 bits per heavy atom. The first-order chi connectivity index (χ1) is 12.5. The number of nitrogens with one attached hydrogen (secondary N) is 1. The lowest BCUT2D eigenvalue weighted by Crippen LogP contribution is -2.31. The van der Waals surface area contributed by atoms with Crippen LogP contribution in [0.4, 0.5) is 18.9 Å². The molecule has 2 N–H and O–H groups in total. The van der Waals surface area contributed by atoms with Gasteiger partial charge in [-0.1, -0.05) is 23.2 Å². The van der Waals surface area contributed by atoms with Gasteiger partial charge in [0.1, 0.15) is 0 Å². The predicted molar refractivity (Wildman–Crippen MR) is 97.6 cm³/mol. The number of hydrazine groups is 1. The van der Waals surface area contributed by atoms with Gasteiger partial charge in [-0.15, -0.1) is 0 Å². The Hall–Kier alpha value is -1.96. The number of carboxylic acid groups (broad SMARTS) is 1. The number of rotatable bonds is 3. The summed E-state index contributed by atoms with van der Waals surface area (Å²) in [7, 11) is 1.62. The Morgan fingerprint density at radius 3 is 2.56 bits per heavy atom. The molecule has 0 saturated carbocycles. The van der Waals surface area contributed by atoms with Crippen LogP contribution in [0.1, 0.15) is 38.7 Å². The van der Waals surface area contributed by atoms with Crippen LogP contribution in [0.25, 0.3) is 0 Å². The van der Waals surface area contributed by atoms with Crippen LogP contribution in [0, 0.1) is 6.92 Å². The van der Waals surface area contributed by atoms with Crippen molar-refractivity contribution in [3.8, 4) is 0 Å². The average Bonchev–Trinajstić information content (AvgIpc) is 2.87. The molecule has 9 heteroatoms. The average molecular weight is 419 g/mol. The van der Waals surface area contributed by atoms with Crippen molar-refractivity contribution in [3.63, 3.8) is 0 Å². The second kappa shape index (κ2) is 6.89. The minimum atomic E-state index is -4.44. The summed E-state index contributed by atoms with van der Waals surface area (Å²) in [6, 6.07) is 4.56. The van der Waals surface area contributed by atoms with Crippen molar-refractivity contribution in [2.45, 2.75) is 25.6 Å². The van der Waals surface area contributed by atoms with E-state index in [4.69, 9.17) is 23.2 Å². The normalized spacial score (nSPS) is 16.6. The van der Waals surface area contributed by atoms with Crippen molar-refractivity contribution in [2.24, 2.45) is 0 Å². The Labute approximate surface area is 163 Å². The van der Waals surface area contributed by atoms with E-state index in [1.165, 1.54) is 17.1 Å². The maximum Gasteiger partial charge on any atom is 0.416 e. The summed E-state index contributed by atoms with van der Waals surface area (Å²) in [5.74, 6) is -1.18. The minimum Gasteiger partial charge on any atom is -0.478 e. The molecule has 144 valence electrons. The van der Waals surface area contributed by atoms with Crippen LogP contribution < -0.4 is 10.4 Å². The molecule has 0 aromatic heterocycles. The smallest absolute Gasteiger partial charge is 0.416 e. The molecule has 1 atom stereocenters. The van der Waals surface area contributed by atoms with Gasteiger partial charge >= 0.3 is 12.1 Å². The molecule has 0 saturated heterocycles. The number of anilines is 1. The fourth-order valence-electron chi connectivity index (χ4n) is 3.34. The van der Waals surface area contributed by atoms with E-state index in [1.807, 2.05) is 0 Å². The third kappa shape index (κ3) is 3.59. The lowest BCUT2D eigenvalue weighted by molar-refractivity contribution is -0.137. The maximum atomic E-state index is 13.1. The van der Waals surface area contributed by atoms with Gasteiger partial charge in [-0.05, 0) is 54.3 Å².